The van der Waals surface area contributed by atoms with Crippen LogP contribution in [0.4, 0.5) is 0 Å². The second kappa shape index (κ2) is 7.30. The molecular weight excluding hydrogens is 370 g/mol. The molecule has 2 aliphatic rings. The van der Waals surface area contributed by atoms with E-state index in [0.29, 0.717) is 10.5 Å². The number of ketones is 1. The molecule has 5 heteroatoms. The molecule has 3 atom stereocenters. The average Bonchev–Trinajstić information content (AvgIpc) is 3.09. The van der Waals surface area contributed by atoms with E-state index in [-0.39, 0.29) is 30.2 Å². The van der Waals surface area contributed by atoms with Crippen LogP contribution >= 0.6 is 0 Å². The van der Waals surface area contributed by atoms with E-state index in [4.69, 9.17) is 0 Å². The van der Waals surface area contributed by atoms with Crippen molar-refractivity contribution in [3.63, 3.8) is 0 Å². The first kappa shape index (κ1) is 19.1. The number of benzene rings is 2. The molecule has 0 unspecified atom stereocenters. The Morgan fingerprint density at radius 3 is 2.21 bits per heavy atom. The zero-order valence-corrected chi connectivity index (χ0v) is 17.0. The fourth-order valence-electron chi connectivity index (χ4n) is 4.34. The molecule has 1 saturated heterocycles. The number of hydrogen-bond acceptors (Lipinski definition) is 3. The Morgan fingerprint density at radius 1 is 0.964 bits per heavy atom. The number of sulfonamides is 1. The summed E-state index contributed by atoms with van der Waals surface area (Å²) in [7, 11) is -3.63. The summed E-state index contributed by atoms with van der Waals surface area (Å²) in [5.74, 6) is -0.379. The van der Waals surface area contributed by atoms with Gasteiger partial charge in [-0.15, -0.1) is 0 Å². The minimum atomic E-state index is -3.63. The van der Waals surface area contributed by atoms with Gasteiger partial charge in [-0.1, -0.05) is 59.7 Å². The van der Waals surface area contributed by atoms with Crippen molar-refractivity contribution >= 4 is 15.8 Å². The summed E-state index contributed by atoms with van der Waals surface area (Å²) in [5, 5.41) is 0. The minimum absolute atomic E-state index is 0.0307. The maximum Gasteiger partial charge on any atom is 0.243 e. The van der Waals surface area contributed by atoms with Gasteiger partial charge in [0.05, 0.1) is 4.90 Å². The topological polar surface area (TPSA) is 54.5 Å². The molecule has 0 radical (unpaired) electrons. The molecule has 0 N–H and O–H groups in total. The van der Waals surface area contributed by atoms with Crippen LogP contribution in [0.1, 0.15) is 34.3 Å². The fraction of sp³-hybridized carbons (Fsp3) is 0.348. The van der Waals surface area contributed by atoms with Crippen LogP contribution in [0, 0.1) is 25.7 Å². The van der Waals surface area contributed by atoms with E-state index in [9.17, 15) is 13.2 Å². The molecule has 0 aromatic heterocycles. The second-order valence-corrected chi connectivity index (χ2v) is 9.77. The van der Waals surface area contributed by atoms with Crippen LogP contribution < -0.4 is 0 Å². The molecule has 2 aromatic carbocycles. The smallest absolute Gasteiger partial charge is 0.243 e. The third kappa shape index (κ3) is 3.33. The summed E-state index contributed by atoms with van der Waals surface area (Å²) in [6.07, 6.45) is 5.73. The van der Waals surface area contributed by atoms with E-state index in [1.165, 1.54) is 0 Å². The number of Topliss-reactive ketones (excluding diaryl/α,β-unsaturated/α-hetero) is 1. The van der Waals surface area contributed by atoms with Crippen LogP contribution in [-0.2, 0) is 10.0 Å². The van der Waals surface area contributed by atoms with Crippen LogP contribution in [0.3, 0.4) is 0 Å². The first-order valence-corrected chi connectivity index (χ1v) is 11.2. The van der Waals surface area contributed by atoms with Gasteiger partial charge in [-0.2, -0.15) is 4.31 Å². The molecule has 1 aliphatic carbocycles. The molecule has 4 nitrogen and oxygen atoms in total. The minimum Gasteiger partial charge on any atom is -0.294 e. The van der Waals surface area contributed by atoms with Crippen molar-refractivity contribution in [2.24, 2.45) is 11.8 Å². The summed E-state index contributed by atoms with van der Waals surface area (Å²) in [6, 6.07) is 14.3. The Hall–Kier alpha value is -2.24. The predicted octanol–water partition coefficient (Wildman–Crippen LogP) is 4.14. The lowest BCUT2D eigenvalue weighted by Gasteiger charge is -2.28. The van der Waals surface area contributed by atoms with E-state index >= 15 is 0 Å². The van der Waals surface area contributed by atoms with Crippen LogP contribution in [0.25, 0.3) is 0 Å². The van der Waals surface area contributed by atoms with Crippen molar-refractivity contribution < 1.29 is 13.2 Å². The molecule has 1 fully saturated rings. The maximum absolute atomic E-state index is 13.3. The van der Waals surface area contributed by atoms with Crippen molar-refractivity contribution in [2.45, 2.75) is 37.6 Å². The van der Waals surface area contributed by atoms with E-state index < -0.39 is 10.0 Å². The zero-order valence-electron chi connectivity index (χ0n) is 16.2. The fourth-order valence-corrected chi connectivity index (χ4v) is 6.05. The van der Waals surface area contributed by atoms with Gasteiger partial charge in [0, 0.05) is 30.0 Å². The van der Waals surface area contributed by atoms with Crippen molar-refractivity contribution in [1.29, 1.82) is 0 Å². The summed E-state index contributed by atoms with van der Waals surface area (Å²) >= 11 is 0. The molecule has 28 heavy (non-hydrogen) atoms. The number of aryl methyl sites for hydroxylation is 2. The van der Waals surface area contributed by atoms with Crippen molar-refractivity contribution in [3.8, 4) is 0 Å². The lowest BCUT2D eigenvalue weighted by atomic mass is 9.81. The highest BCUT2D eigenvalue weighted by Gasteiger charge is 2.49. The molecular formula is C23H25NO3S. The Labute approximate surface area is 166 Å². The van der Waals surface area contributed by atoms with Crippen LogP contribution in [-0.4, -0.2) is 31.1 Å². The molecule has 1 heterocycles. The lowest BCUT2D eigenvalue weighted by molar-refractivity contribution is 0.0908. The number of rotatable bonds is 4. The van der Waals surface area contributed by atoms with Gasteiger partial charge in [0.1, 0.15) is 0 Å². The van der Waals surface area contributed by atoms with E-state index in [2.05, 4.69) is 12.2 Å². The van der Waals surface area contributed by atoms with Crippen molar-refractivity contribution in [1.82, 2.24) is 4.31 Å². The largest absolute Gasteiger partial charge is 0.294 e. The highest BCUT2D eigenvalue weighted by Crippen LogP contribution is 2.41. The first-order valence-electron chi connectivity index (χ1n) is 9.74. The van der Waals surface area contributed by atoms with Gasteiger partial charge in [-0.05, 0) is 38.8 Å². The molecule has 0 spiro atoms. The second-order valence-electron chi connectivity index (χ2n) is 7.87. The Bertz CT molecular complexity index is 1010. The quantitative estimate of drug-likeness (QED) is 0.577. The standard InChI is InChI=1S/C23H25NO3S/c1-16-7-11-18(12-8-16)23(25)21-15-24(22-6-4-3-5-20(21)22)28(26,27)19-13-9-17(2)10-14-19/h3,5,7-14,20-22H,4,6,15H2,1-2H3/t20-,21+,22-/m1/s1. The van der Waals surface area contributed by atoms with Gasteiger partial charge in [-0.3, -0.25) is 4.79 Å². The molecule has 4 rings (SSSR count). The third-order valence-corrected chi connectivity index (χ3v) is 7.85. The predicted molar refractivity (Wildman–Crippen MR) is 110 cm³/mol. The number of allylic oxidation sites excluding steroid dienone is 1. The van der Waals surface area contributed by atoms with E-state index in [1.54, 1.807) is 16.4 Å². The zero-order chi connectivity index (χ0) is 19.9. The van der Waals surface area contributed by atoms with Gasteiger partial charge >= 0.3 is 0 Å². The Balaban J connectivity index is 1.68. The SMILES string of the molecule is Cc1ccc(C(=O)[C@H]2CN(S(=O)(=O)c3ccc(C)cc3)[C@@H]3CCC=C[C@H]23)cc1. The van der Waals surface area contributed by atoms with Crippen molar-refractivity contribution in [3.05, 3.63) is 77.4 Å². The summed E-state index contributed by atoms with van der Waals surface area (Å²) in [4.78, 5) is 13.5. The number of nitrogens with zero attached hydrogens (tertiary/aromatic N) is 1. The molecule has 0 bridgehead atoms. The average molecular weight is 396 g/mol. The van der Waals surface area contributed by atoms with Gasteiger partial charge in [0.25, 0.3) is 0 Å². The third-order valence-electron chi connectivity index (χ3n) is 5.94. The van der Waals surface area contributed by atoms with Gasteiger partial charge in [0.2, 0.25) is 10.0 Å². The van der Waals surface area contributed by atoms with Gasteiger partial charge < -0.3 is 0 Å². The number of carbonyl (C=O) groups is 1. The van der Waals surface area contributed by atoms with Gasteiger partial charge in [0.15, 0.2) is 5.78 Å². The summed E-state index contributed by atoms with van der Waals surface area (Å²) in [6.45, 7) is 4.16. The molecule has 0 amide bonds. The Kier molecular flexibility index (Phi) is 4.98. The number of hydrogen-bond donors (Lipinski definition) is 0. The van der Waals surface area contributed by atoms with E-state index in [1.807, 2.05) is 50.2 Å². The molecule has 2 aromatic rings. The normalized spacial score (nSPS) is 24.9. The van der Waals surface area contributed by atoms with Crippen LogP contribution in [0.5, 0.6) is 0 Å². The Morgan fingerprint density at radius 2 is 1.57 bits per heavy atom. The number of carbonyl (C=O) groups excluding carboxylic acids is 1. The lowest BCUT2D eigenvalue weighted by Crippen LogP contribution is -2.38. The van der Waals surface area contributed by atoms with Crippen LogP contribution in [0.15, 0.2) is 65.6 Å². The van der Waals surface area contributed by atoms with Gasteiger partial charge in [-0.25, -0.2) is 8.42 Å². The van der Waals surface area contributed by atoms with E-state index in [0.717, 1.165) is 24.0 Å². The monoisotopic (exact) mass is 395 g/mol. The highest BCUT2D eigenvalue weighted by atomic mass is 32.2. The highest BCUT2D eigenvalue weighted by molar-refractivity contribution is 7.89. The van der Waals surface area contributed by atoms with Crippen molar-refractivity contribution in [2.75, 3.05) is 6.54 Å². The summed E-state index contributed by atoms with van der Waals surface area (Å²) < 4.78 is 28.3. The molecule has 0 saturated carbocycles. The maximum atomic E-state index is 13.3. The number of fused-ring (bicyclic) bond motifs is 1. The summed E-state index contributed by atoms with van der Waals surface area (Å²) in [5.41, 5.74) is 2.77. The molecule has 1 aliphatic heterocycles. The van der Waals surface area contributed by atoms with Crippen LogP contribution in [0.2, 0.25) is 0 Å². The first-order chi connectivity index (χ1) is 13.4. The molecule has 146 valence electrons.